The minimum Gasteiger partial charge on any atom is -0.508 e. The summed E-state index contributed by atoms with van der Waals surface area (Å²) in [6, 6.07) is 3.25. The van der Waals surface area contributed by atoms with Gasteiger partial charge in [0.15, 0.2) is 0 Å². The van der Waals surface area contributed by atoms with E-state index in [0.29, 0.717) is 10.6 Å². The number of halogens is 1. The molecule has 0 unspecified atom stereocenters. The minimum atomic E-state index is 0.105. The molecular weight excluding hydrogens is 214 g/mol. The molecule has 0 aliphatic carbocycles. The van der Waals surface area contributed by atoms with E-state index in [2.05, 4.69) is 4.99 Å². The van der Waals surface area contributed by atoms with Gasteiger partial charge in [0.25, 0.3) is 0 Å². The summed E-state index contributed by atoms with van der Waals surface area (Å²) in [5, 5.41) is 10.2. The van der Waals surface area contributed by atoms with E-state index in [1.54, 1.807) is 12.1 Å². The number of phenols is 1. The molecule has 0 saturated carbocycles. The van der Waals surface area contributed by atoms with Crippen molar-refractivity contribution >= 4 is 17.7 Å². The van der Waals surface area contributed by atoms with Gasteiger partial charge in [-0.05, 0) is 23.6 Å². The Kier molecular flexibility index (Phi) is 3.89. The Labute approximate surface area is 93.4 Å². The maximum absolute atomic E-state index is 9.94. The minimum absolute atomic E-state index is 0.105. The van der Waals surface area contributed by atoms with Crippen molar-refractivity contribution in [3.05, 3.63) is 28.3 Å². The Morgan fingerprint density at radius 2 is 2.20 bits per heavy atom. The highest BCUT2D eigenvalue weighted by Gasteiger charge is 2.10. The molecule has 0 aliphatic rings. The van der Waals surface area contributed by atoms with Gasteiger partial charge in [-0.2, -0.15) is 0 Å². The number of nitrogens with zero attached hydrogens (tertiary/aromatic N) is 1. The van der Waals surface area contributed by atoms with Crippen molar-refractivity contribution in [1.29, 1.82) is 0 Å². The average molecular weight is 226 g/mol. The van der Waals surface area contributed by atoms with Gasteiger partial charge in [0, 0.05) is 10.6 Å². The summed E-state index contributed by atoms with van der Waals surface area (Å²) < 4.78 is 0. The lowest BCUT2D eigenvalue weighted by molar-refractivity contribution is 0.467. The molecule has 0 amide bonds. The number of isocyanates is 1. The zero-order valence-electron chi connectivity index (χ0n) is 8.62. The topological polar surface area (TPSA) is 49.7 Å². The number of aliphatic imine (C=N–C) groups is 1. The first kappa shape index (κ1) is 11.8. The highest BCUT2D eigenvalue weighted by Crippen LogP contribution is 2.31. The van der Waals surface area contributed by atoms with Crippen molar-refractivity contribution in [2.24, 2.45) is 4.99 Å². The lowest BCUT2D eigenvalue weighted by atomic mass is 10.0. The molecule has 0 aliphatic heterocycles. The lowest BCUT2D eigenvalue weighted by Gasteiger charge is -2.10. The summed E-state index contributed by atoms with van der Waals surface area (Å²) in [5.74, 6) is 0.356. The summed E-state index contributed by atoms with van der Waals surface area (Å²) in [6.45, 7) is 4.08. The normalized spacial score (nSPS) is 10.1. The van der Waals surface area contributed by atoms with Crippen molar-refractivity contribution in [1.82, 2.24) is 0 Å². The van der Waals surface area contributed by atoms with E-state index < -0.39 is 0 Å². The maximum Gasteiger partial charge on any atom is 0.235 e. The summed E-state index contributed by atoms with van der Waals surface area (Å²) in [7, 11) is 0. The van der Waals surface area contributed by atoms with Gasteiger partial charge < -0.3 is 5.11 Å². The summed E-state index contributed by atoms with van der Waals surface area (Å²) in [6.07, 6.45) is 1.42. The molecule has 0 spiro atoms. The van der Waals surface area contributed by atoms with Gasteiger partial charge in [-0.15, -0.1) is 0 Å². The monoisotopic (exact) mass is 225 g/mol. The molecule has 0 bridgehead atoms. The second-order valence-corrected chi connectivity index (χ2v) is 3.97. The number of benzene rings is 1. The highest BCUT2D eigenvalue weighted by atomic mass is 35.5. The predicted octanol–water partition coefficient (Wildman–Crippen LogP) is 3.00. The molecular formula is C11H12ClNO2. The number of carbonyl (C=O) groups excluding carboxylic acids is 1. The van der Waals surface area contributed by atoms with Crippen molar-refractivity contribution < 1.29 is 9.90 Å². The van der Waals surface area contributed by atoms with Crippen LogP contribution in [0.3, 0.4) is 0 Å². The standard InChI is InChI=1S/C11H12ClNO2/c1-7(2)9-4-11(15)8(3-10(9)12)5-13-6-14/h3-4,7,15H,5H2,1-2H3. The van der Waals surface area contributed by atoms with Crippen LogP contribution < -0.4 is 0 Å². The molecule has 0 fully saturated rings. The molecule has 0 atom stereocenters. The highest BCUT2D eigenvalue weighted by molar-refractivity contribution is 6.31. The van der Waals surface area contributed by atoms with Crippen LogP contribution in [0.4, 0.5) is 0 Å². The van der Waals surface area contributed by atoms with Crippen LogP contribution in [0.25, 0.3) is 0 Å². The zero-order valence-corrected chi connectivity index (χ0v) is 9.38. The smallest absolute Gasteiger partial charge is 0.235 e. The average Bonchev–Trinajstić information content (AvgIpc) is 2.18. The zero-order chi connectivity index (χ0) is 11.4. The van der Waals surface area contributed by atoms with E-state index in [1.807, 2.05) is 13.8 Å². The first-order valence-corrected chi connectivity index (χ1v) is 4.99. The van der Waals surface area contributed by atoms with E-state index in [4.69, 9.17) is 11.6 Å². The molecule has 0 heterocycles. The lowest BCUT2D eigenvalue weighted by Crippen LogP contribution is -1.92. The molecule has 1 aromatic rings. The van der Waals surface area contributed by atoms with E-state index in [1.165, 1.54) is 6.08 Å². The van der Waals surface area contributed by atoms with Crippen molar-refractivity contribution in [3.8, 4) is 5.75 Å². The second kappa shape index (κ2) is 4.96. The molecule has 1 N–H and O–H groups in total. The van der Waals surface area contributed by atoms with Crippen molar-refractivity contribution in [2.75, 3.05) is 0 Å². The first-order chi connectivity index (χ1) is 7.06. The van der Waals surface area contributed by atoms with Crippen LogP contribution in [0.15, 0.2) is 17.1 Å². The predicted molar refractivity (Wildman–Crippen MR) is 59.0 cm³/mol. The number of aromatic hydroxyl groups is 1. The molecule has 4 heteroatoms. The summed E-state index contributed by atoms with van der Waals surface area (Å²) in [4.78, 5) is 13.3. The largest absolute Gasteiger partial charge is 0.508 e. The van der Waals surface area contributed by atoms with Crippen LogP contribution in [-0.2, 0) is 11.3 Å². The van der Waals surface area contributed by atoms with E-state index in [0.717, 1.165) is 5.56 Å². The molecule has 1 aromatic carbocycles. The van der Waals surface area contributed by atoms with Gasteiger partial charge in [-0.3, -0.25) is 0 Å². The van der Waals surface area contributed by atoms with Crippen LogP contribution in [0.5, 0.6) is 5.75 Å². The van der Waals surface area contributed by atoms with E-state index in [-0.39, 0.29) is 18.2 Å². The van der Waals surface area contributed by atoms with Crippen LogP contribution in [-0.4, -0.2) is 11.2 Å². The van der Waals surface area contributed by atoms with Crippen molar-refractivity contribution in [2.45, 2.75) is 26.3 Å². The number of phenolic OH excluding ortho intramolecular Hbond substituents is 1. The quantitative estimate of drug-likeness (QED) is 0.635. The van der Waals surface area contributed by atoms with Gasteiger partial charge in [0.2, 0.25) is 6.08 Å². The Bertz CT molecular complexity index is 409. The van der Waals surface area contributed by atoms with E-state index >= 15 is 0 Å². The van der Waals surface area contributed by atoms with Crippen LogP contribution in [0.2, 0.25) is 5.02 Å². The number of hydrogen-bond donors (Lipinski definition) is 1. The molecule has 80 valence electrons. The molecule has 15 heavy (non-hydrogen) atoms. The van der Waals surface area contributed by atoms with Gasteiger partial charge in [0.1, 0.15) is 5.75 Å². The Morgan fingerprint density at radius 3 is 2.73 bits per heavy atom. The molecule has 0 aromatic heterocycles. The van der Waals surface area contributed by atoms with E-state index in [9.17, 15) is 9.90 Å². The fraction of sp³-hybridized carbons (Fsp3) is 0.364. The Morgan fingerprint density at radius 1 is 1.53 bits per heavy atom. The molecule has 3 nitrogen and oxygen atoms in total. The van der Waals surface area contributed by atoms with Gasteiger partial charge in [0.05, 0.1) is 6.54 Å². The van der Waals surface area contributed by atoms with Gasteiger partial charge in [-0.1, -0.05) is 25.4 Å². The fourth-order valence-corrected chi connectivity index (χ4v) is 1.71. The summed E-state index contributed by atoms with van der Waals surface area (Å²) >= 11 is 6.02. The molecule has 0 saturated heterocycles. The Hall–Kier alpha value is -1.31. The summed E-state index contributed by atoms with van der Waals surface area (Å²) in [5.41, 5.74) is 1.42. The third-order valence-corrected chi connectivity index (χ3v) is 2.46. The van der Waals surface area contributed by atoms with Crippen LogP contribution in [0, 0.1) is 0 Å². The SMILES string of the molecule is CC(C)c1cc(O)c(CN=C=O)cc1Cl. The van der Waals surface area contributed by atoms with Gasteiger partial charge >= 0.3 is 0 Å². The van der Waals surface area contributed by atoms with Crippen LogP contribution >= 0.6 is 11.6 Å². The second-order valence-electron chi connectivity index (χ2n) is 3.56. The number of hydrogen-bond acceptors (Lipinski definition) is 3. The van der Waals surface area contributed by atoms with Crippen molar-refractivity contribution in [3.63, 3.8) is 0 Å². The maximum atomic E-state index is 9.94. The number of rotatable bonds is 3. The fourth-order valence-electron chi connectivity index (χ4n) is 1.31. The Balaban J connectivity index is 3.13. The third-order valence-electron chi connectivity index (χ3n) is 2.13. The van der Waals surface area contributed by atoms with Crippen LogP contribution in [0.1, 0.15) is 30.9 Å². The third kappa shape index (κ3) is 2.82. The molecule has 0 radical (unpaired) electrons. The van der Waals surface area contributed by atoms with Gasteiger partial charge in [-0.25, -0.2) is 9.79 Å². The first-order valence-electron chi connectivity index (χ1n) is 4.61. The molecule has 1 rings (SSSR count).